The molecule has 0 atom stereocenters. The van der Waals surface area contributed by atoms with Gasteiger partial charge in [0.1, 0.15) is 5.82 Å². The minimum atomic E-state index is 0.706. The van der Waals surface area contributed by atoms with E-state index >= 15 is 0 Å². The first kappa shape index (κ1) is 12.5. The van der Waals surface area contributed by atoms with E-state index in [-0.39, 0.29) is 0 Å². The Bertz CT molecular complexity index is 523. The van der Waals surface area contributed by atoms with Crippen molar-refractivity contribution in [2.24, 2.45) is 0 Å². The molecule has 0 unspecified atom stereocenters. The van der Waals surface area contributed by atoms with Gasteiger partial charge in [-0.3, -0.25) is 9.97 Å². The number of anilines is 1. The number of nitrogens with zero attached hydrogens (tertiary/aromatic N) is 3. The molecule has 4 heteroatoms. The van der Waals surface area contributed by atoms with Gasteiger partial charge in [-0.05, 0) is 32.9 Å². The van der Waals surface area contributed by atoms with Crippen molar-refractivity contribution in [2.75, 3.05) is 11.9 Å². The van der Waals surface area contributed by atoms with Gasteiger partial charge in [0.05, 0.1) is 17.1 Å². The van der Waals surface area contributed by atoms with Crippen LogP contribution in [0.25, 0.3) is 0 Å². The highest BCUT2D eigenvalue weighted by Gasteiger charge is 2.09. The molecule has 0 bridgehead atoms. The third kappa shape index (κ3) is 2.83. The summed E-state index contributed by atoms with van der Waals surface area (Å²) < 4.78 is 0. The van der Waals surface area contributed by atoms with Crippen LogP contribution in [0.15, 0.2) is 24.4 Å². The lowest BCUT2D eigenvalue weighted by atomic mass is 10.2. The Balaban J connectivity index is 2.33. The van der Waals surface area contributed by atoms with Crippen molar-refractivity contribution in [3.63, 3.8) is 0 Å². The molecule has 18 heavy (non-hydrogen) atoms. The van der Waals surface area contributed by atoms with Gasteiger partial charge < -0.3 is 5.32 Å². The second-order valence-corrected chi connectivity index (χ2v) is 4.22. The van der Waals surface area contributed by atoms with E-state index in [1.54, 1.807) is 6.20 Å². The van der Waals surface area contributed by atoms with Gasteiger partial charge in [-0.1, -0.05) is 6.07 Å². The van der Waals surface area contributed by atoms with Crippen molar-refractivity contribution < 1.29 is 0 Å². The van der Waals surface area contributed by atoms with Crippen LogP contribution >= 0.6 is 0 Å². The summed E-state index contributed by atoms with van der Waals surface area (Å²) in [6, 6.07) is 5.91. The van der Waals surface area contributed by atoms with Crippen LogP contribution in [0.4, 0.5) is 5.82 Å². The van der Waals surface area contributed by atoms with Gasteiger partial charge in [0.25, 0.3) is 0 Å². The van der Waals surface area contributed by atoms with E-state index in [9.17, 15) is 0 Å². The molecule has 94 valence electrons. The van der Waals surface area contributed by atoms with Crippen LogP contribution in [-0.4, -0.2) is 21.5 Å². The normalized spacial score (nSPS) is 10.4. The standard InChI is InChI=1S/C14H18N4/c1-4-15-14-13(17-10(2)11(3)18-14)9-12-7-5-6-8-16-12/h5-8H,4,9H2,1-3H3,(H,15,18). The fourth-order valence-corrected chi connectivity index (χ4v) is 1.76. The summed E-state index contributed by atoms with van der Waals surface area (Å²) >= 11 is 0. The van der Waals surface area contributed by atoms with E-state index < -0.39 is 0 Å². The van der Waals surface area contributed by atoms with Crippen molar-refractivity contribution in [1.29, 1.82) is 0 Å². The molecule has 0 amide bonds. The minimum Gasteiger partial charge on any atom is -0.369 e. The Morgan fingerprint density at radius 2 is 1.89 bits per heavy atom. The Hall–Kier alpha value is -1.97. The zero-order valence-corrected chi connectivity index (χ0v) is 11.1. The van der Waals surface area contributed by atoms with Crippen molar-refractivity contribution in [3.05, 3.63) is 47.2 Å². The highest BCUT2D eigenvalue weighted by atomic mass is 15.0. The molecule has 0 spiro atoms. The van der Waals surface area contributed by atoms with Crippen molar-refractivity contribution in [2.45, 2.75) is 27.2 Å². The van der Waals surface area contributed by atoms with Gasteiger partial charge in [-0.2, -0.15) is 0 Å². The highest BCUT2D eigenvalue weighted by Crippen LogP contribution is 2.16. The summed E-state index contributed by atoms with van der Waals surface area (Å²) in [5.74, 6) is 0.867. The number of pyridine rings is 1. The maximum atomic E-state index is 4.62. The maximum absolute atomic E-state index is 4.62. The summed E-state index contributed by atoms with van der Waals surface area (Å²) in [5.41, 5.74) is 3.91. The molecule has 2 aromatic heterocycles. The van der Waals surface area contributed by atoms with Crippen LogP contribution in [0.3, 0.4) is 0 Å². The average Bonchev–Trinajstić information content (AvgIpc) is 2.37. The van der Waals surface area contributed by atoms with Gasteiger partial charge in [0, 0.05) is 24.9 Å². The Kier molecular flexibility index (Phi) is 3.87. The van der Waals surface area contributed by atoms with Crippen LogP contribution in [0.1, 0.15) is 29.7 Å². The summed E-state index contributed by atoms with van der Waals surface area (Å²) in [6.45, 7) is 6.86. The van der Waals surface area contributed by atoms with Gasteiger partial charge in [0.2, 0.25) is 0 Å². The number of aryl methyl sites for hydroxylation is 2. The zero-order chi connectivity index (χ0) is 13.0. The fraction of sp³-hybridized carbons (Fsp3) is 0.357. The number of aromatic nitrogens is 3. The first-order chi connectivity index (χ1) is 8.70. The van der Waals surface area contributed by atoms with Gasteiger partial charge in [0.15, 0.2) is 0 Å². The molecule has 2 aromatic rings. The van der Waals surface area contributed by atoms with Crippen LogP contribution in [0.5, 0.6) is 0 Å². The Morgan fingerprint density at radius 3 is 2.56 bits per heavy atom. The van der Waals surface area contributed by atoms with E-state index in [1.807, 2.05) is 32.0 Å². The minimum absolute atomic E-state index is 0.706. The molecule has 0 fully saturated rings. The molecule has 4 nitrogen and oxygen atoms in total. The molecule has 0 aliphatic rings. The van der Waals surface area contributed by atoms with E-state index in [0.717, 1.165) is 35.1 Å². The largest absolute Gasteiger partial charge is 0.369 e. The predicted molar refractivity (Wildman–Crippen MR) is 72.7 cm³/mol. The van der Waals surface area contributed by atoms with E-state index in [4.69, 9.17) is 0 Å². The van der Waals surface area contributed by atoms with Gasteiger partial charge >= 0.3 is 0 Å². The zero-order valence-electron chi connectivity index (χ0n) is 11.1. The summed E-state index contributed by atoms with van der Waals surface area (Å²) in [6.07, 6.45) is 2.51. The van der Waals surface area contributed by atoms with Crippen LogP contribution < -0.4 is 5.32 Å². The topological polar surface area (TPSA) is 50.7 Å². The van der Waals surface area contributed by atoms with E-state index in [1.165, 1.54) is 0 Å². The monoisotopic (exact) mass is 242 g/mol. The quantitative estimate of drug-likeness (QED) is 0.895. The molecule has 0 aromatic carbocycles. The first-order valence-electron chi connectivity index (χ1n) is 6.18. The molecule has 0 aliphatic heterocycles. The molecular formula is C14H18N4. The van der Waals surface area contributed by atoms with E-state index in [0.29, 0.717) is 6.42 Å². The lowest BCUT2D eigenvalue weighted by Gasteiger charge is -2.11. The van der Waals surface area contributed by atoms with Crippen LogP contribution in [-0.2, 0) is 6.42 Å². The third-order valence-electron chi connectivity index (χ3n) is 2.80. The molecule has 0 saturated carbocycles. The number of hydrogen-bond donors (Lipinski definition) is 1. The number of nitrogens with one attached hydrogen (secondary N) is 1. The SMILES string of the molecule is CCNc1nc(C)c(C)nc1Cc1ccccn1. The molecular weight excluding hydrogens is 224 g/mol. The number of hydrogen-bond acceptors (Lipinski definition) is 4. The summed E-state index contributed by atoms with van der Waals surface area (Å²) in [4.78, 5) is 13.5. The highest BCUT2D eigenvalue weighted by molar-refractivity contribution is 5.43. The predicted octanol–water partition coefficient (Wildman–Crippen LogP) is 2.51. The molecule has 0 radical (unpaired) electrons. The van der Waals surface area contributed by atoms with Gasteiger partial charge in [-0.15, -0.1) is 0 Å². The van der Waals surface area contributed by atoms with E-state index in [2.05, 4.69) is 27.2 Å². The third-order valence-corrected chi connectivity index (χ3v) is 2.80. The molecule has 1 N–H and O–H groups in total. The fourth-order valence-electron chi connectivity index (χ4n) is 1.76. The van der Waals surface area contributed by atoms with Crippen molar-refractivity contribution >= 4 is 5.82 Å². The second-order valence-electron chi connectivity index (χ2n) is 4.22. The van der Waals surface area contributed by atoms with Gasteiger partial charge in [-0.25, -0.2) is 4.98 Å². The van der Waals surface area contributed by atoms with Crippen LogP contribution in [0.2, 0.25) is 0 Å². The number of rotatable bonds is 4. The van der Waals surface area contributed by atoms with Crippen molar-refractivity contribution in [1.82, 2.24) is 15.0 Å². The molecule has 0 saturated heterocycles. The lowest BCUT2D eigenvalue weighted by molar-refractivity contribution is 0.932. The molecule has 0 aliphatic carbocycles. The molecule has 2 heterocycles. The lowest BCUT2D eigenvalue weighted by Crippen LogP contribution is -2.09. The maximum Gasteiger partial charge on any atom is 0.148 e. The molecule has 2 rings (SSSR count). The first-order valence-corrected chi connectivity index (χ1v) is 6.18. The van der Waals surface area contributed by atoms with Crippen LogP contribution in [0, 0.1) is 13.8 Å². The average molecular weight is 242 g/mol. The summed E-state index contributed by atoms with van der Waals surface area (Å²) in [5, 5.41) is 3.26. The Morgan fingerprint density at radius 1 is 1.11 bits per heavy atom. The Labute approximate surface area is 108 Å². The smallest absolute Gasteiger partial charge is 0.148 e. The van der Waals surface area contributed by atoms with Crippen molar-refractivity contribution in [3.8, 4) is 0 Å². The summed E-state index contributed by atoms with van der Waals surface area (Å²) in [7, 11) is 0. The second kappa shape index (κ2) is 5.58.